The van der Waals surface area contributed by atoms with E-state index in [2.05, 4.69) is 11.4 Å². The molecule has 0 amide bonds. The molecular weight excluding hydrogens is 242 g/mol. The SMILES string of the molecule is COCCNCCCCc1ccc(OC)cc1OC. The molecule has 1 aromatic rings. The van der Waals surface area contributed by atoms with Gasteiger partial charge < -0.3 is 19.5 Å². The highest BCUT2D eigenvalue weighted by Gasteiger charge is 2.04. The summed E-state index contributed by atoms with van der Waals surface area (Å²) in [5.41, 5.74) is 1.24. The molecule has 0 heterocycles. The summed E-state index contributed by atoms with van der Waals surface area (Å²) in [6.07, 6.45) is 3.32. The Balaban J connectivity index is 2.28. The third-order valence-electron chi connectivity index (χ3n) is 3.03. The summed E-state index contributed by atoms with van der Waals surface area (Å²) in [4.78, 5) is 0. The zero-order chi connectivity index (χ0) is 13.9. The van der Waals surface area contributed by atoms with Gasteiger partial charge in [-0.2, -0.15) is 0 Å². The van der Waals surface area contributed by atoms with Crippen molar-refractivity contribution in [3.05, 3.63) is 23.8 Å². The zero-order valence-corrected chi connectivity index (χ0v) is 12.2. The summed E-state index contributed by atoms with van der Waals surface area (Å²) < 4.78 is 15.6. The predicted octanol–water partition coefficient (Wildman–Crippen LogP) is 2.26. The lowest BCUT2D eigenvalue weighted by Crippen LogP contribution is -2.20. The molecule has 0 spiro atoms. The Hall–Kier alpha value is -1.26. The van der Waals surface area contributed by atoms with Gasteiger partial charge in [-0.25, -0.2) is 0 Å². The van der Waals surface area contributed by atoms with E-state index >= 15 is 0 Å². The van der Waals surface area contributed by atoms with Crippen LogP contribution in [0.3, 0.4) is 0 Å². The van der Waals surface area contributed by atoms with E-state index in [9.17, 15) is 0 Å². The van der Waals surface area contributed by atoms with Crippen LogP contribution in [-0.2, 0) is 11.2 Å². The summed E-state index contributed by atoms with van der Waals surface area (Å²) in [7, 11) is 5.09. The van der Waals surface area contributed by atoms with Crippen LogP contribution in [0.2, 0.25) is 0 Å². The molecule has 1 rings (SSSR count). The van der Waals surface area contributed by atoms with Crippen LogP contribution in [-0.4, -0.2) is 41.0 Å². The van der Waals surface area contributed by atoms with Crippen molar-refractivity contribution in [1.82, 2.24) is 5.32 Å². The molecule has 0 aliphatic carbocycles. The third kappa shape index (κ3) is 5.94. The second-order valence-corrected chi connectivity index (χ2v) is 4.38. The van der Waals surface area contributed by atoms with Gasteiger partial charge >= 0.3 is 0 Å². The Morgan fingerprint density at radius 3 is 2.53 bits per heavy atom. The summed E-state index contributed by atoms with van der Waals surface area (Å²) in [6, 6.07) is 6.00. The molecule has 0 saturated carbocycles. The number of aryl methyl sites for hydroxylation is 1. The first-order valence-electron chi connectivity index (χ1n) is 6.72. The summed E-state index contributed by atoms with van der Waals surface area (Å²) in [6.45, 7) is 2.72. The first-order valence-corrected chi connectivity index (χ1v) is 6.72. The highest BCUT2D eigenvalue weighted by atomic mass is 16.5. The molecule has 0 atom stereocenters. The normalized spacial score (nSPS) is 10.5. The van der Waals surface area contributed by atoms with E-state index in [-0.39, 0.29) is 0 Å². The second-order valence-electron chi connectivity index (χ2n) is 4.38. The van der Waals surface area contributed by atoms with Crippen LogP contribution in [0.1, 0.15) is 18.4 Å². The van der Waals surface area contributed by atoms with E-state index in [4.69, 9.17) is 14.2 Å². The fourth-order valence-corrected chi connectivity index (χ4v) is 1.92. The number of nitrogens with one attached hydrogen (secondary N) is 1. The molecule has 4 nitrogen and oxygen atoms in total. The maximum absolute atomic E-state index is 5.39. The summed E-state index contributed by atoms with van der Waals surface area (Å²) in [5, 5.41) is 3.34. The number of rotatable bonds is 10. The van der Waals surface area contributed by atoms with Crippen molar-refractivity contribution in [2.75, 3.05) is 41.0 Å². The average Bonchev–Trinajstić information content (AvgIpc) is 2.46. The quantitative estimate of drug-likeness (QED) is 0.660. The molecule has 0 fully saturated rings. The Labute approximate surface area is 116 Å². The number of methoxy groups -OCH3 is 3. The van der Waals surface area contributed by atoms with E-state index in [1.54, 1.807) is 21.3 Å². The molecule has 0 unspecified atom stereocenters. The minimum atomic E-state index is 0.770. The van der Waals surface area contributed by atoms with Crippen LogP contribution < -0.4 is 14.8 Å². The lowest BCUT2D eigenvalue weighted by Gasteiger charge is -2.10. The molecule has 0 radical (unpaired) electrons. The van der Waals surface area contributed by atoms with Crippen LogP contribution >= 0.6 is 0 Å². The third-order valence-corrected chi connectivity index (χ3v) is 3.03. The second kappa shape index (κ2) is 9.64. The van der Waals surface area contributed by atoms with Gasteiger partial charge in [-0.3, -0.25) is 0 Å². The number of unbranched alkanes of at least 4 members (excludes halogenated alkanes) is 1. The van der Waals surface area contributed by atoms with Crippen LogP contribution in [0.15, 0.2) is 18.2 Å². The van der Waals surface area contributed by atoms with Crippen molar-refractivity contribution in [3.8, 4) is 11.5 Å². The molecule has 19 heavy (non-hydrogen) atoms. The fourth-order valence-electron chi connectivity index (χ4n) is 1.92. The minimum absolute atomic E-state index is 0.770. The Kier molecular flexibility index (Phi) is 8.02. The predicted molar refractivity (Wildman–Crippen MR) is 77.2 cm³/mol. The number of hydrogen-bond donors (Lipinski definition) is 1. The van der Waals surface area contributed by atoms with Crippen molar-refractivity contribution in [1.29, 1.82) is 0 Å². The molecule has 0 aliphatic heterocycles. The molecule has 1 N–H and O–H groups in total. The van der Waals surface area contributed by atoms with Gasteiger partial charge in [0.15, 0.2) is 0 Å². The maximum Gasteiger partial charge on any atom is 0.125 e. The van der Waals surface area contributed by atoms with Crippen molar-refractivity contribution in [3.63, 3.8) is 0 Å². The number of ether oxygens (including phenoxy) is 3. The number of benzene rings is 1. The van der Waals surface area contributed by atoms with Gasteiger partial charge in [0, 0.05) is 19.7 Å². The Morgan fingerprint density at radius 2 is 1.84 bits per heavy atom. The molecule has 0 bridgehead atoms. The van der Waals surface area contributed by atoms with Crippen LogP contribution in [0, 0.1) is 0 Å². The largest absolute Gasteiger partial charge is 0.497 e. The average molecular weight is 267 g/mol. The van der Waals surface area contributed by atoms with E-state index in [1.807, 2.05) is 12.1 Å². The Bertz CT molecular complexity index is 355. The summed E-state index contributed by atoms with van der Waals surface area (Å²) in [5.74, 6) is 1.74. The molecule has 0 saturated heterocycles. The first-order chi connectivity index (χ1) is 9.31. The molecule has 1 aromatic carbocycles. The first kappa shape index (κ1) is 15.8. The molecule has 108 valence electrons. The van der Waals surface area contributed by atoms with Crippen LogP contribution in [0.4, 0.5) is 0 Å². The highest BCUT2D eigenvalue weighted by Crippen LogP contribution is 2.25. The van der Waals surface area contributed by atoms with Crippen molar-refractivity contribution in [2.45, 2.75) is 19.3 Å². The standard InChI is InChI=1S/C15H25NO3/c1-17-11-10-16-9-5-4-6-13-7-8-14(18-2)12-15(13)19-3/h7-8,12,16H,4-6,9-11H2,1-3H3. The van der Waals surface area contributed by atoms with Gasteiger partial charge in [-0.1, -0.05) is 6.07 Å². The van der Waals surface area contributed by atoms with Crippen molar-refractivity contribution in [2.24, 2.45) is 0 Å². The molecule has 4 heteroatoms. The molecular formula is C15H25NO3. The lowest BCUT2D eigenvalue weighted by molar-refractivity contribution is 0.199. The van der Waals surface area contributed by atoms with Crippen molar-refractivity contribution < 1.29 is 14.2 Å². The van der Waals surface area contributed by atoms with Gasteiger partial charge in [0.2, 0.25) is 0 Å². The topological polar surface area (TPSA) is 39.7 Å². The highest BCUT2D eigenvalue weighted by molar-refractivity contribution is 5.40. The van der Waals surface area contributed by atoms with Gasteiger partial charge in [0.05, 0.1) is 20.8 Å². The number of hydrogen-bond acceptors (Lipinski definition) is 4. The van der Waals surface area contributed by atoms with E-state index < -0.39 is 0 Å². The minimum Gasteiger partial charge on any atom is -0.497 e. The molecule has 0 aliphatic rings. The van der Waals surface area contributed by atoms with Gasteiger partial charge in [-0.05, 0) is 37.4 Å². The smallest absolute Gasteiger partial charge is 0.125 e. The van der Waals surface area contributed by atoms with Crippen LogP contribution in [0.25, 0.3) is 0 Å². The zero-order valence-electron chi connectivity index (χ0n) is 12.2. The van der Waals surface area contributed by atoms with Gasteiger partial charge in [-0.15, -0.1) is 0 Å². The maximum atomic E-state index is 5.39. The Morgan fingerprint density at radius 1 is 1.00 bits per heavy atom. The van der Waals surface area contributed by atoms with Crippen molar-refractivity contribution >= 4 is 0 Å². The molecule has 0 aromatic heterocycles. The fraction of sp³-hybridized carbons (Fsp3) is 0.600. The van der Waals surface area contributed by atoms with Gasteiger partial charge in [0.25, 0.3) is 0 Å². The summed E-state index contributed by atoms with van der Waals surface area (Å²) >= 11 is 0. The van der Waals surface area contributed by atoms with Gasteiger partial charge in [0.1, 0.15) is 11.5 Å². The van der Waals surface area contributed by atoms with E-state index in [0.29, 0.717) is 0 Å². The lowest BCUT2D eigenvalue weighted by atomic mass is 10.1. The van der Waals surface area contributed by atoms with E-state index in [0.717, 1.165) is 50.5 Å². The van der Waals surface area contributed by atoms with Crippen LogP contribution in [0.5, 0.6) is 11.5 Å². The monoisotopic (exact) mass is 267 g/mol. The van der Waals surface area contributed by atoms with E-state index in [1.165, 1.54) is 5.56 Å².